The van der Waals surface area contributed by atoms with Gasteiger partial charge in [-0.15, -0.1) is 0 Å². The van der Waals surface area contributed by atoms with E-state index >= 15 is 0 Å². The van der Waals surface area contributed by atoms with E-state index in [1.54, 1.807) is 4.90 Å². The van der Waals surface area contributed by atoms with Crippen LogP contribution in [0.2, 0.25) is 0 Å². The molecule has 3 heteroatoms. The Kier molecular flexibility index (Phi) is 2.76. The van der Waals surface area contributed by atoms with E-state index < -0.39 is 6.10 Å². The number of anilines is 1. The number of amides is 1. The van der Waals surface area contributed by atoms with Gasteiger partial charge in [-0.3, -0.25) is 9.69 Å². The first-order chi connectivity index (χ1) is 8.77. The molecule has 3 nitrogen and oxygen atoms in total. The average Bonchev–Trinajstić information content (AvgIpc) is 2.40. The van der Waals surface area contributed by atoms with Gasteiger partial charge >= 0.3 is 0 Å². The molecular formula is C15H15NO2. The zero-order valence-electron chi connectivity index (χ0n) is 9.99. The van der Waals surface area contributed by atoms with Crippen molar-refractivity contribution in [3.05, 3.63) is 54.3 Å². The summed E-state index contributed by atoms with van der Waals surface area (Å²) in [5.74, 6) is -0.000550. The van der Waals surface area contributed by atoms with Crippen molar-refractivity contribution in [3.8, 4) is 0 Å². The van der Waals surface area contributed by atoms with Crippen LogP contribution in [0.25, 0.3) is 0 Å². The smallest absolute Gasteiger partial charge is 0.233 e. The normalized spacial score (nSPS) is 26.8. The van der Waals surface area contributed by atoms with Crippen LogP contribution in [0, 0.1) is 5.92 Å². The molecule has 1 aromatic carbocycles. The van der Waals surface area contributed by atoms with Gasteiger partial charge in [0.1, 0.15) is 0 Å². The van der Waals surface area contributed by atoms with E-state index in [2.05, 4.69) is 0 Å². The van der Waals surface area contributed by atoms with Crippen LogP contribution in [-0.2, 0) is 4.79 Å². The van der Waals surface area contributed by atoms with Crippen molar-refractivity contribution in [1.82, 2.24) is 0 Å². The molecule has 0 aromatic heterocycles. The SMILES string of the molecule is O=C1CC(O)C2CC=CC=C2N1c1ccccc1. The minimum absolute atomic E-state index is 0.0351. The fraction of sp³-hybridized carbons (Fsp3) is 0.267. The first-order valence-corrected chi connectivity index (χ1v) is 6.20. The molecule has 1 aliphatic heterocycles. The molecular weight excluding hydrogens is 226 g/mol. The van der Waals surface area contributed by atoms with Crippen LogP contribution in [0.5, 0.6) is 0 Å². The molecule has 1 aliphatic carbocycles. The van der Waals surface area contributed by atoms with Crippen molar-refractivity contribution in [3.63, 3.8) is 0 Å². The molecule has 1 saturated heterocycles. The number of aliphatic hydroxyl groups excluding tert-OH is 1. The predicted molar refractivity (Wildman–Crippen MR) is 69.9 cm³/mol. The van der Waals surface area contributed by atoms with Crippen LogP contribution in [-0.4, -0.2) is 17.1 Å². The molecule has 1 aromatic rings. The lowest BCUT2D eigenvalue weighted by atomic mass is 9.85. The summed E-state index contributed by atoms with van der Waals surface area (Å²) in [6.07, 6.45) is 6.35. The Hall–Kier alpha value is -1.87. The van der Waals surface area contributed by atoms with Gasteiger partial charge in [0.2, 0.25) is 5.91 Å². The number of carbonyl (C=O) groups excluding carboxylic acids is 1. The Labute approximate surface area is 106 Å². The van der Waals surface area contributed by atoms with Crippen molar-refractivity contribution >= 4 is 11.6 Å². The zero-order valence-corrected chi connectivity index (χ0v) is 9.99. The Morgan fingerprint density at radius 3 is 2.78 bits per heavy atom. The van der Waals surface area contributed by atoms with Crippen molar-refractivity contribution in [2.45, 2.75) is 18.9 Å². The van der Waals surface area contributed by atoms with Crippen LogP contribution in [0.4, 0.5) is 5.69 Å². The molecule has 92 valence electrons. The third kappa shape index (κ3) is 1.77. The first-order valence-electron chi connectivity index (χ1n) is 6.20. The highest BCUT2D eigenvalue weighted by Crippen LogP contribution is 2.36. The molecule has 0 bridgehead atoms. The number of piperidine rings is 1. The summed E-state index contributed by atoms with van der Waals surface area (Å²) < 4.78 is 0. The maximum atomic E-state index is 12.2. The third-order valence-corrected chi connectivity index (χ3v) is 3.54. The fourth-order valence-electron chi connectivity index (χ4n) is 2.66. The largest absolute Gasteiger partial charge is 0.392 e. The van der Waals surface area contributed by atoms with E-state index in [0.717, 1.165) is 17.8 Å². The Balaban J connectivity index is 2.04. The van der Waals surface area contributed by atoms with E-state index in [4.69, 9.17) is 0 Å². The van der Waals surface area contributed by atoms with Crippen molar-refractivity contribution in [1.29, 1.82) is 0 Å². The molecule has 3 rings (SSSR count). The minimum Gasteiger partial charge on any atom is -0.392 e. The molecule has 1 fully saturated rings. The van der Waals surface area contributed by atoms with Gasteiger partial charge in [0.25, 0.3) is 0 Å². The minimum atomic E-state index is -0.561. The molecule has 2 unspecified atom stereocenters. The Morgan fingerprint density at radius 2 is 2.00 bits per heavy atom. The van der Waals surface area contributed by atoms with Gasteiger partial charge in [-0.2, -0.15) is 0 Å². The fourth-order valence-corrected chi connectivity index (χ4v) is 2.66. The van der Waals surface area contributed by atoms with Crippen LogP contribution < -0.4 is 4.90 Å². The van der Waals surface area contributed by atoms with Gasteiger partial charge in [-0.1, -0.05) is 30.4 Å². The maximum Gasteiger partial charge on any atom is 0.233 e. The topological polar surface area (TPSA) is 40.5 Å². The number of fused-ring (bicyclic) bond motifs is 1. The van der Waals surface area contributed by atoms with Crippen LogP contribution >= 0.6 is 0 Å². The number of aliphatic hydroxyl groups is 1. The number of nitrogens with zero attached hydrogens (tertiary/aromatic N) is 1. The maximum absolute atomic E-state index is 12.2. The average molecular weight is 241 g/mol. The van der Waals surface area contributed by atoms with Gasteiger partial charge in [0, 0.05) is 17.3 Å². The van der Waals surface area contributed by atoms with Crippen molar-refractivity contribution < 1.29 is 9.90 Å². The second-order valence-electron chi connectivity index (χ2n) is 4.70. The molecule has 0 radical (unpaired) electrons. The molecule has 0 spiro atoms. The number of rotatable bonds is 1. The van der Waals surface area contributed by atoms with E-state index in [0.29, 0.717) is 0 Å². The summed E-state index contributed by atoms with van der Waals surface area (Å²) in [4.78, 5) is 13.9. The van der Waals surface area contributed by atoms with Crippen molar-refractivity contribution in [2.24, 2.45) is 5.92 Å². The molecule has 1 amide bonds. The number of hydrogen-bond donors (Lipinski definition) is 1. The highest BCUT2D eigenvalue weighted by molar-refractivity contribution is 5.98. The predicted octanol–water partition coefficient (Wildman–Crippen LogP) is 2.24. The summed E-state index contributed by atoms with van der Waals surface area (Å²) in [6, 6.07) is 9.61. The number of allylic oxidation sites excluding steroid dienone is 3. The van der Waals surface area contributed by atoms with Crippen molar-refractivity contribution in [2.75, 3.05) is 4.90 Å². The molecule has 2 aliphatic rings. The summed E-state index contributed by atoms with van der Waals surface area (Å²) >= 11 is 0. The summed E-state index contributed by atoms with van der Waals surface area (Å²) in [6.45, 7) is 0. The summed E-state index contributed by atoms with van der Waals surface area (Å²) in [7, 11) is 0. The Morgan fingerprint density at radius 1 is 1.22 bits per heavy atom. The second-order valence-corrected chi connectivity index (χ2v) is 4.70. The highest BCUT2D eigenvalue weighted by atomic mass is 16.3. The summed E-state index contributed by atoms with van der Waals surface area (Å²) in [5, 5.41) is 10.0. The van der Waals surface area contributed by atoms with Gasteiger partial charge in [0.05, 0.1) is 12.5 Å². The lowest BCUT2D eigenvalue weighted by Crippen LogP contribution is -2.45. The number of benzene rings is 1. The number of para-hydroxylation sites is 1. The Bertz CT molecular complexity index is 519. The van der Waals surface area contributed by atoms with Crippen LogP contribution in [0.15, 0.2) is 54.3 Å². The van der Waals surface area contributed by atoms with E-state index in [1.807, 2.05) is 48.6 Å². The zero-order chi connectivity index (χ0) is 12.5. The van der Waals surface area contributed by atoms with E-state index in [9.17, 15) is 9.90 Å². The number of hydrogen-bond acceptors (Lipinski definition) is 2. The highest BCUT2D eigenvalue weighted by Gasteiger charge is 2.37. The standard InChI is InChI=1S/C15H15NO2/c17-14-10-15(18)16(11-6-2-1-3-7-11)13-9-5-4-8-12(13)14/h1-7,9,12,14,17H,8,10H2. The molecule has 0 saturated carbocycles. The molecule has 18 heavy (non-hydrogen) atoms. The second kappa shape index (κ2) is 4.42. The van der Waals surface area contributed by atoms with Gasteiger partial charge in [-0.25, -0.2) is 0 Å². The van der Waals surface area contributed by atoms with Gasteiger partial charge in [-0.05, 0) is 24.6 Å². The molecule has 1 heterocycles. The number of carbonyl (C=O) groups is 1. The lowest BCUT2D eigenvalue weighted by molar-refractivity contribution is -0.122. The lowest BCUT2D eigenvalue weighted by Gasteiger charge is -2.39. The first kappa shape index (κ1) is 11.2. The van der Waals surface area contributed by atoms with Crippen LogP contribution in [0.1, 0.15) is 12.8 Å². The van der Waals surface area contributed by atoms with E-state index in [1.165, 1.54) is 0 Å². The summed E-state index contributed by atoms with van der Waals surface area (Å²) in [5.41, 5.74) is 1.79. The molecule has 2 atom stereocenters. The third-order valence-electron chi connectivity index (χ3n) is 3.54. The van der Waals surface area contributed by atoms with Gasteiger partial charge in [0.15, 0.2) is 0 Å². The van der Waals surface area contributed by atoms with Crippen LogP contribution in [0.3, 0.4) is 0 Å². The van der Waals surface area contributed by atoms with Gasteiger partial charge < -0.3 is 5.11 Å². The monoisotopic (exact) mass is 241 g/mol. The van der Waals surface area contributed by atoms with E-state index in [-0.39, 0.29) is 18.2 Å². The molecule has 1 N–H and O–H groups in total. The quantitative estimate of drug-likeness (QED) is 0.819.